The minimum atomic E-state index is 0.503. The summed E-state index contributed by atoms with van der Waals surface area (Å²) in [6.45, 7) is 5.35. The normalized spacial score (nSPS) is 10.1. The number of hydrogen-bond acceptors (Lipinski definition) is 3. The van der Waals surface area contributed by atoms with Gasteiger partial charge in [-0.2, -0.15) is 5.26 Å². The minimum Gasteiger partial charge on any atom is -0.372 e. The fourth-order valence-corrected chi connectivity index (χ4v) is 1.36. The van der Waals surface area contributed by atoms with Gasteiger partial charge in [0.15, 0.2) is 5.69 Å². The zero-order valence-electron chi connectivity index (χ0n) is 9.57. The van der Waals surface area contributed by atoms with Crippen LogP contribution in [0.5, 0.6) is 0 Å². The van der Waals surface area contributed by atoms with Crippen LogP contribution in [0.3, 0.4) is 0 Å². The standard InChI is InChI=1S/C12H17N3/c1-10(2)6-8-15(3)12-5-4-7-14-11(12)9-13/h4-5,7,10H,6,8H2,1-3H3. The molecule has 80 valence electrons. The predicted octanol–water partition coefficient (Wildman–Crippen LogP) is 2.44. The summed E-state index contributed by atoms with van der Waals surface area (Å²) in [5, 5.41) is 8.91. The summed E-state index contributed by atoms with van der Waals surface area (Å²) in [5.41, 5.74) is 1.42. The van der Waals surface area contributed by atoms with Crippen LogP contribution in [0, 0.1) is 17.2 Å². The molecule has 1 aromatic heterocycles. The van der Waals surface area contributed by atoms with Gasteiger partial charge >= 0.3 is 0 Å². The van der Waals surface area contributed by atoms with Gasteiger partial charge in [0.25, 0.3) is 0 Å². The monoisotopic (exact) mass is 203 g/mol. The quantitative estimate of drug-likeness (QED) is 0.754. The maximum absolute atomic E-state index is 8.91. The minimum absolute atomic E-state index is 0.503. The molecule has 0 saturated heterocycles. The van der Waals surface area contributed by atoms with E-state index < -0.39 is 0 Å². The lowest BCUT2D eigenvalue weighted by atomic mass is 10.1. The molecule has 0 radical (unpaired) electrons. The number of aromatic nitrogens is 1. The van der Waals surface area contributed by atoms with Crippen LogP contribution in [0.1, 0.15) is 26.0 Å². The Morgan fingerprint density at radius 2 is 2.27 bits per heavy atom. The third-order valence-corrected chi connectivity index (χ3v) is 2.35. The molecule has 0 aliphatic rings. The Balaban J connectivity index is 2.73. The van der Waals surface area contributed by atoms with Crippen LogP contribution in [0.15, 0.2) is 18.3 Å². The highest BCUT2D eigenvalue weighted by Crippen LogP contribution is 2.16. The van der Waals surface area contributed by atoms with E-state index in [0.717, 1.165) is 18.7 Å². The molecule has 0 aliphatic carbocycles. The van der Waals surface area contributed by atoms with Crippen molar-refractivity contribution in [3.8, 4) is 6.07 Å². The molecule has 0 spiro atoms. The van der Waals surface area contributed by atoms with Gasteiger partial charge in [0.2, 0.25) is 0 Å². The fraction of sp³-hybridized carbons (Fsp3) is 0.500. The number of rotatable bonds is 4. The molecule has 3 heteroatoms. The van der Waals surface area contributed by atoms with Gasteiger partial charge in [-0.05, 0) is 24.5 Å². The van der Waals surface area contributed by atoms with Crippen LogP contribution >= 0.6 is 0 Å². The largest absolute Gasteiger partial charge is 0.372 e. The van der Waals surface area contributed by atoms with E-state index in [2.05, 4.69) is 29.8 Å². The molecule has 15 heavy (non-hydrogen) atoms. The lowest BCUT2D eigenvalue weighted by molar-refractivity contribution is 0.585. The van der Waals surface area contributed by atoms with Crippen molar-refractivity contribution in [1.82, 2.24) is 4.98 Å². The highest BCUT2D eigenvalue weighted by atomic mass is 15.1. The fourth-order valence-electron chi connectivity index (χ4n) is 1.36. The Morgan fingerprint density at radius 1 is 1.53 bits per heavy atom. The Hall–Kier alpha value is -1.56. The Kier molecular flexibility index (Phi) is 4.11. The Labute approximate surface area is 91.4 Å². The number of pyridine rings is 1. The summed E-state index contributed by atoms with van der Waals surface area (Å²) >= 11 is 0. The van der Waals surface area contributed by atoms with Crippen molar-refractivity contribution in [2.75, 3.05) is 18.5 Å². The van der Waals surface area contributed by atoms with Gasteiger partial charge in [0.1, 0.15) is 6.07 Å². The van der Waals surface area contributed by atoms with Gasteiger partial charge < -0.3 is 4.90 Å². The van der Waals surface area contributed by atoms with Crippen LogP contribution in [0.2, 0.25) is 0 Å². The maximum atomic E-state index is 8.91. The molecular formula is C12H17N3. The molecule has 1 rings (SSSR count). The number of nitrogens with zero attached hydrogens (tertiary/aromatic N) is 3. The second-order valence-corrected chi connectivity index (χ2v) is 4.09. The summed E-state index contributed by atoms with van der Waals surface area (Å²) < 4.78 is 0. The number of anilines is 1. The third-order valence-electron chi connectivity index (χ3n) is 2.35. The van der Waals surface area contributed by atoms with E-state index in [-0.39, 0.29) is 0 Å². The molecule has 3 nitrogen and oxygen atoms in total. The van der Waals surface area contributed by atoms with Crippen LogP contribution in [-0.4, -0.2) is 18.6 Å². The molecule has 1 heterocycles. The first-order chi connectivity index (χ1) is 7.15. The average molecular weight is 203 g/mol. The van der Waals surface area contributed by atoms with E-state index in [1.807, 2.05) is 19.2 Å². The smallest absolute Gasteiger partial charge is 0.163 e. The van der Waals surface area contributed by atoms with Crippen LogP contribution in [0.4, 0.5) is 5.69 Å². The van der Waals surface area contributed by atoms with Crippen LogP contribution in [0.25, 0.3) is 0 Å². The molecule has 1 aromatic rings. The Bertz CT molecular complexity index is 352. The summed E-state index contributed by atoms with van der Waals surface area (Å²) in [5.74, 6) is 0.676. The molecule has 0 bridgehead atoms. The highest BCUT2D eigenvalue weighted by Gasteiger charge is 2.07. The highest BCUT2D eigenvalue weighted by molar-refractivity contribution is 5.54. The Morgan fingerprint density at radius 3 is 2.87 bits per heavy atom. The average Bonchev–Trinajstić information content (AvgIpc) is 2.25. The molecule has 0 N–H and O–H groups in total. The summed E-state index contributed by atoms with van der Waals surface area (Å²) in [6, 6.07) is 5.91. The van der Waals surface area contributed by atoms with Crippen molar-refractivity contribution in [1.29, 1.82) is 5.26 Å². The van der Waals surface area contributed by atoms with Crippen molar-refractivity contribution >= 4 is 5.69 Å². The molecule has 0 saturated carbocycles. The lowest BCUT2D eigenvalue weighted by Gasteiger charge is -2.20. The van der Waals surface area contributed by atoms with Crippen molar-refractivity contribution in [2.45, 2.75) is 20.3 Å². The lowest BCUT2D eigenvalue weighted by Crippen LogP contribution is -2.21. The zero-order chi connectivity index (χ0) is 11.3. The molecular weight excluding hydrogens is 186 g/mol. The van der Waals surface area contributed by atoms with Crippen molar-refractivity contribution < 1.29 is 0 Å². The van der Waals surface area contributed by atoms with Gasteiger partial charge in [-0.1, -0.05) is 13.8 Å². The van der Waals surface area contributed by atoms with Crippen molar-refractivity contribution in [3.05, 3.63) is 24.0 Å². The van der Waals surface area contributed by atoms with Crippen LogP contribution < -0.4 is 4.90 Å². The van der Waals surface area contributed by atoms with Gasteiger partial charge in [-0.15, -0.1) is 0 Å². The molecule has 0 atom stereocenters. The van der Waals surface area contributed by atoms with E-state index in [9.17, 15) is 0 Å². The van der Waals surface area contributed by atoms with Gasteiger partial charge in [0, 0.05) is 19.8 Å². The second kappa shape index (κ2) is 5.35. The van der Waals surface area contributed by atoms with E-state index in [1.54, 1.807) is 6.20 Å². The second-order valence-electron chi connectivity index (χ2n) is 4.09. The third kappa shape index (κ3) is 3.25. The first-order valence-corrected chi connectivity index (χ1v) is 5.21. The van der Waals surface area contributed by atoms with Gasteiger partial charge in [0.05, 0.1) is 5.69 Å². The first-order valence-electron chi connectivity index (χ1n) is 5.21. The maximum Gasteiger partial charge on any atom is 0.163 e. The molecule has 0 unspecified atom stereocenters. The molecule has 0 amide bonds. The number of hydrogen-bond donors (Lipinski definition) is 0. The van der Waals surface area contributed by atoms with E-state index in [4.69, 9.17) is 5.26 Å². The van der Waals surface area contributed by atoms with E-state index >= 15 is 0 Å². The van der Waals surface area contributed by atoms with Gasteiger partial charge in [-0.3, -0.25) is 0 Å². The van der Waals surface area contributed by atoms with E-state index in [0.29, 0.717) is 11.6 Å². The number of nitriles is 1. The molecule has 0 aliphatic heterocycles. The summed E-state index contributed by atoms with van der Waals surface area (Å²) in [7, 11) is 2.00. The SMILES string of the molecule is CC(C)CCN(C)c1cccnc1C#N. The van der Waals surface area contributed by atoms with E-state index in [1.165, 1.54) is 0 Å². The zero-order valence-corrected chi connectivity index (χ0v) is 9.57. The topological polar surface area (TPSA) is 39.9 Å². The van der Waals surface area contributed by atoms with Crippen LogP contribution in [-0.2, 0) is 0 Å². The summed E-state index contributed by atoms with van der Waals surface area (Å²) in [4.78, 5) is 6.13. The van der Waals surface area contributed by atoms with Gasteiger partial charge in [-0.25, -0.2) is 4.98 Å². The summed E-state index contributed by atoms with van der Waals surface area (Å²) in [6.07, 6.45) is 2.77. The van der Waals surface area contributed by atoms with Crippen molar-refractivity contribution in [3.63, 3.8) is 0 Å². The molecule has 0 fully saturated rings. The predicted molar refractivity (Wildman–Crippen MR) is 61.7 cm³/mol. The van der Waals surface area contributed by atoms with Crippen molar-refractivity contribution in [2.24, 2.45) is 5.92 Å². The first kappa shape index (κ1) is 11.5. The molecule has 0 aromatic carbocycles.